The predicted octanol–water partition coefficient (Wildman–Crippen LogP) is 1.38. The smallest absolute Gasteiger partial charge is 0.278 e. The molecule has 1 aliphatic rings. The number of imidazole rings is 1. The van der Waals surface area contributed by atoms with E-state index < -0.39 is 0 Å². The summed E-state index contributed by atoms with van der Waals surface area (Å²) in [6, 6.07) is 0. The van der Waals surface area contributed by atoms with Crippen LogP contribution < -0.4 is 5.73 Å². The molecule has 7 heteroatoms. The van der Waals surface area contributed by atoms with Crippen molar-refractivity contribution in [3.63, 3.8) is 0 Å². The summed E-state index contributed by atoms with van der Waals surface area (Å²) in [5, 5.41) is 4.04. The summed E-state index contributed by atoms with van der Waals surface area (Å²) >= 11 is 0. The molecule has 0 radical (unpaired) electrons. The van der Waals surface area contributed by atoms with Gasteiger partial charge >= 0.3 is 0 Å². The first kappa shape index (κ1) is 13.3. The molecular formula is C13H19N5O2. The van der Waals surface area contributed by atoms with Crippen molar-refractivity contribution in [3.8, 4) is 11.6 Å². The number of rotatable bonds is 7. The van der Waals surface area contributed by atoms with Gasteiger partial charge in [0.15, 0.2) is 0 Å². The molecule has 7 nitrogen and oxygen atoms in total. The van der Waals surface area contributed by atoms with Crippen molar-refractivity contribution in [1.82, 2.24) is 19.7 Å². The minimum absolute atomic E-state index is 0.0522. The van der Waals surface area contributed by atoms with Crippen molar-refractivity contribution >= 4 is 0 Å². The van der Waals surface area contributed by atoms with Crippen LogP contribution >= 0.6 is 0 Å². The van der Waals surface area contributed by atoms with Crippen LogP contribution in [0.5, 0.6) is 0 Å². The van der Waals surface area contributed by atoms with Gasteiger partial charge in [0.25, 0.3) is 5.89 Å². The Morgan fingerprint density at radius 3 is 3.10 bits per heavy atom. The average Bonchev–Trinajstić information content (AvgIpc) is 2.98. The van der Waals surface area contributed by atoms with E-state index in [1.165, 1.54) is 12.8 Å². The van der Waals surface area contributed by atoms with Crippen LogP contribution in [-0.2, 0) is 11.3 Å². The van der Waals surface area contributed by atoms with E-state index in [4.69, 9.17) is 15.0 Å². The van der Waals surface area contributed by atoms with Crippen molar-refractivity contribution in [3.05, 3.63) is 18.3 Å². The van der Waals surface area contributed by atoms with Crippen molar-refractivity contribution < 1.29 is 9.26 Å². The Kier molecular flexibility index (Phi) is 3.79. The lowest BCUT2D eigenvalue weighted by Crippen LogP contribution is -2.08. The molecule has 2 aromatic heterocycles. The minimum atomic E-state index is -0.0522. The van der Waals surface area contributed by atoms with Crippen LogP contribution in [-0.4, -0.2) is 32.8 Å². The first-order valence-corrected chi connectivity index (χ1v) is 6.99. The Labute approximate surface area is 117 Å². The van der Waals surface area contributed by atoms with Crippen LogP contribution in [0.4, 0.5) is 0 Å². The maximum absolute atomic E-state index is 5.72. The molecular weight excluding hydrogens is 258 g/mol. The number of nitrogens with two attached hydrogens (primary N) is 1. The second-order valence-electron chi connectivity index (χ2n) is 4.96. The van der Waals surface area contributed by atoms with Crippen molar-refractivity contribution in [2.24, 2.45) is 11.7 Å². The van der Waals surface area contributed by atoms with Crippen LogP contribution in [0.25, 0.3) is 11.6 Å². The van der Waals surface area contributed by atoms with Gasteiger partial charge in [0.2, 0.25) is 5.82 Å². The molecule has 108 valence electrons. The van der Waals surface area contributed by atoms with Gasteiger partial charge in [-0.1, -0.05) is 5.16 Å². The predicted molar refractivity (Wildman–Crippen MR) is 71.7 cm³/mol. The van der Waals surface area contributed by atoms with Crippen LogP contribution in [0.15, 0.2) is 17.0 Å². The molecule has 0 bridgehead atoms. The third-order valence-electron chi connectivity index (χ3n) is 3.33. The van der Waals surface area contributed by atoms with E-state index >= 15 is 0 Å². The van der Waals surface area contributed by atoms with E-state index in [1.807, 2.05) is 17.7 Å². The second kappa shape index (κ2) is 5.72. The Morgan fingerprint density at radius 1 is 1.55 bits per heavy atom. The van der Waals surface area contributed by atoms with Gasteiger partial charge in [-0.3, -0.25) is 0 Å². The monoisotopic (exact) mass is 277 g/mol. The fourth-order valence-electron chi connectivity index (χ4n) is 2.20. The molecule has 1 aliphatic carbocycles. The first-order valence-electron chi connectivity index (χ1n) is 6.99. The van der Waals surface area contributed by atoms with Crippen molar-refractivity contribution in [1.29, 1.82) is 0 Å². The zero-order chi connectivity index (χ0) is 13.9. The Morgan fingerprint density at radius 2 is 2.40 bits per heavy atom. The van der Waals surface area contributed by atoms with Gasteiger partial charge in [-0.2, -0.15) is 4.98 Å². The van der Waals surface area contributed by atoms with Gasteiger partial charge in [0.1, 0.15) is 11.8 Å². The molecule has 1 unspecified atom stereocenters. The molecule has 1 atom stereocenters. The molecule has 0 saturated heterocycles. The van der Waals surface area contributed by atoms with Gasteiger partial charge < -0.3 is 19.6 Å². The van der Waals surface area contributed by atoms with Gasteiger partial charge in [-0.15, -0.1) is 0 Å². The van der Waals surface area contributed by atoms with E-state index in [1.54, 1.807) is 6.33 Å². The molecule has 0 aliphatic heterocycles. The lowest BCUT2D eigenvalue weighted by molar-refractivity contribution is 0.0385. The van der Waals surface area contributed by atoms with Crippen molar-refractivity contribution in [2.75, 3.05) is 13.2 Å². The Hall–Kier alpha value is -1.73. The molecule has 2 heterocycles. The van der Waals surface area contributed by atoms with Crippen LogP contribution in [0, 0.1) is 5.92 Å². The number of aromatic nitrogens is 4. The van der Waals surface area contributed by atoms with E-state index in [9.17, 15) is 0 Å². The normalized spacial score (nSPS) is 16.5. The highest BCUT2D eigenvalue weighted by Crippen LogP contribution is 2.42. The van der Waals surface area contributed by atoms with E-state index in [2.05, 4.69) is 15.1 Å². The molecule has 2 N–H and O–H groups in total. The maximum atomic E-state index is 5.72. The lowest BCUT2D eigenvalue weighted by Gasteiger charge is -2.10. The zero-order valence-electron chi connectivity index (χ0n) is 11.5. The molecule has 2 aromatic rings. The van der Waals surface area contributed by atoms with E-state index in [0.717, 1.165) is 6.54 Å². The number of hydrogen-bond acceptors (Lipinski definition) is 6. The molecule has 0 amide bonds. The minimum Gasteiger partial charge on any atom is -0.370 e. The van der Waals surface area contributed by atoms with Gasteiger partial charge in [0.05, 0.1) is 6.33 Å². The van der Waals surface area contributed by atoms with Gasteiger partial charge in [0, 0.05) is 25.9 Å². The molecule has 1 fully saturated rings. The summed E-state index contributed by atoms with van der Waals surface area (Å²) in [4.78, 5) is 8.68. The fraction of sp³-hybridized carbons (Fsp3) is 0.615. The molecule has 1 saturated carbocycles. The molecule has 0 aromatic carbocycles. The highest BCUT2D eigenvalue weighted by Gasteiger charge is 2.36. The summed E-state index contributed by atoms with van der Waals surface area (Å²) in [6.07, 6.45) is 5.85. The average molecular weight is 277 g/mol. The largest absolute Gasteiger partial charge is 0.370 e. The molecule has 0 spiro atoms. The van der Waals surface area contributed by atoms with Crippen LogP contribution in [0.3, 0.4) is 0 Å². The summed E-state index contributed by atoms with van der Waals surface area (Å²) < 4.78 is 12.9. The second-order valence-corrected chi connectivity index (χ2v) is 4.96. The maximum Gasteiger partial charge on any atom is 0.278 e. The number of hydrogen-bond donors (Lipinski definition) is 1. The lowest BCUT2D eigenvalue weighted by atomic mass is 10.2. The zero-order valence-corrected chi connectivity index (χ0v) is 11.5. The SMILES string of the molecule is CCOC(c1noc(-c2cn(CCN)cn2)n1)C1CC1. The van der Waals surface area contributed by atoms with Gasteiger partial charge in [-0.05, 0) is 25.7 Å². The summed E-state index contributed by atoms with van der Waals surface area (Å²) in [7, 11) is 0. The molecule has 20 heavy (non-hydrogen) atoms. The molecule has 3 rings (SSSR count). The number of ether oxygens (including phenoxy) is 1. The highest BCUT2D eigenvalue weighted by molar-refractivity contribution is 5.44. The van der Waals surface area contributed by atoms with E-state index in [-0.39, 0.29) is 6.10 Å². The van der Waals surface area contributed by atoms with Crippen LogP contribution in [0.1, 0.15) is 31.7 Å². The quantitative estimate of drug-likeness (QED) is 0.822. The topological polar surface area (TPSA) is 92.0 Å². The fourth-order valence-corrected chi connectivity index (χ4v) is 2.20. The van der Waals surface area contributed by atoms with E-state index in [0.29, 0.717) is 36.5 Å². The summed E-state index contributed by atoms with van der Waals surface area (Å²) in [6.45, 7) is 3.91. The highest BCUT2D eigenvalue weighted by atomic mass is 16.5. The standard InChI is InChI=1S/C13H19N5O2/c1-2-19-11(9-3-4-9)12-16-13(20-17-12)10-7-18(6-5-14)8-15-10/h7-9,11H,2-6,14H2,1H3. The summed E-state index contributed by atoms with van der Waals surface area (Å²) in [5.74, 6) is 1.58. The third-order valence-corrected chi connectivity index (χ3v) is 3.33. The van der Waals surface area contributed by atoms with Crippen LogP contribution in [0.2, 0.25) is 0 Å². The van der Waals surface area contributed by atoms with Gasteiger partial charge in [-0.25, -0.2) is 4.98 Å². The Bertz CT molecular complexity index is 561. The number of nitrogens with zero attached hydrogens (tertiary/aromatic N) is 4. The van der Waals surface area contributed by atoms with Crippen molar-refractivity contribution in [2.45, 2.75) is 32.4 Å². The summed E-state index contributed by atoms with van der Waals surface area (Å²) in [5.41, 5.74) is 6.18. The first-order chi connectivity index (χ1) is 9.81. The Balaban J connectivity index is 1.77. The third kappa shape index (κ3) is 2.73.